The molecule has 0 saturated carbocycles. The third-order valence-corrected chi connectivity index (χ3v) is 2.92. The molecule has 0 aromatic carbocycles. The quantitative estimate of drug-likeness (QED) is 0.793. The number of hydrogen-bond acceptors (Lipinski definition) is 4. The molecule has 0 aliphatic carbocycles. The molecule has 2 N–H and O–H groups in total. The van der Waals surface area contributed by atoms with Crippen LogP contribution in [-0.4, -0.2) is 57.1 Å². The first kappa shape index (κ1) is 12.6. The van der Waals surface area contributed by atoms with Crippen molar-refractivity contribution in [2.75, 3.05) is 13.2 Å². The molecule has 2 rings (SSSR count). The number of aromatic nitrogens is 2. The molecule has 1 aliphatic rings. The molecule has 7 nitrogen and oxygen atoms in total. The number of aromatic carboxylic acids is 1. The Morgan fingerprint density at radius 3 is 2.94 bits per heavy atom. The molecule has 2 atom stereocenters. The van der Waals surface area contributed by atoms with Gasteiger partial charge < -0.3 is 19.7 Å². The van der Waals surface area contributed by atoms with E-state index in [2.05, 4.69) is 9.97 Å². The second-order valence-corrected chi connectivity index (χ2v) is 4.38. The molecule has 0 bridgehead atoms. The van der Waals surface area contributed by atoms with E-state index in [4.69, 9.17) is 9.84 Å². The Labute approximate surface area is 104 Å². The molecule has 1 aromatic rings. The number of aromatic amines is 1. The van der Waals surface area contributed by atoms with Crippen LogP contribution in [0.5, 0.6) is 0 Å². The van der Waals surface area contributed by atoms with Crippen LogP contribution >= 0.6 is 0 Å². The maximum atomic E-state index is 12.3. The van der Waals surface area contributed by atoms with Crippen LogP contribution in [0.2, 0.25) is 0 Å². The van der Waals surface area contributed by atoms with Crippen LogP contribution in [0.4, 0.5) is 0 Å². The number of carbonyl (C=O) groups is 2. The predicted molar refractivity (Wildman–Crippen MR) is 61.5 cm³/mol. The van der Waals surface area contributed by atoms with Gasteiger partial charge in [0.25, 0.3) is 5.91 Å². The van der Waals surface area contributed by atoms with Gasteiger partial charge in [-0.3, -0.25) is 4.79 Å². The zero-order chi connectivity index (χ0) is 13.3. The number of H-pyrrole nitrogens is 1. The number of carboxylic acids is 1. The normalized spacial score (nSPS) is 24.0. The lowest BCUT2D eigenvalue weighted by atomic mass is 10.1. The van der Waals surface area contributed by atoms with Crippen molar-refractivity contribution in [3.63, 3.8) is 0 Å². The van der Waals surface area contributed by atoms with Crippen molar-refractivity contribution in [3.8, 4) is 0 Å². The summed E-state index contributed by atoms with van der Waals surface area (Å²) in [4.78, 5) is 31.1. The molecular formula is C11H15N3O4. The average Bonchev–Trinajstić information content (AvgIpc) is 2.80. The summed E-state index contributed by atoms with van der Waals surface area (Å²) in [6.45, 7) is 4.61. The van der Waals surface area contributed by atoms with E-state index in [-0.39, 0.29) is 29.4 Å². The minimum absolute atomic E-state index is 0.0524. The second-order valence-electron chi connectivity index (χ2n) is 4.38. The number of morpholine rings is 1. The minimum atomic E-state index is -1.19. The third kappa shape index (κ3) is 2.21. The summed E-state index contributed by atoms with van der Waals surface area (Å²) in [6, 6.07) is -0.0907. The molecule has 2 heterocycles. The predicted octanol–water partition coefficient (Wildman–Crippen LogP) is 0.357. The van der Waals surface area contributed by atoms with Crippen LogP contribution in [0.15, 0.2) is 6.33 Å². The van der Waals surface area contributed by atoms with Crippen LogP contribution in [-0.2, 0) is 4.74 Å². The number of hydrogen-bond donors (Lipinski definition) is 2. The van der Waals surface area contributed by atoms with Gasteiger partial charge in [-0.05, 0) is 13.8 Å². The molecule has 18 heavy (non-hydrogen) atoms. The van der Waals surface area contributed by atoms with Crippen LogP contribution in [0.1, 0.15) is 34.8 Å². The molecular weight excluding hydrogens is 238 g/mol. The van der Waals surface area contributed by atoms with Gasteiger partial charge in [0.05, 0.1) is 25.1 Å². The minimum Gasteiger partial charge on any atom is -0.477 e. The molecule has 0 spiro atoms. The lowest BCUT2D eigenvalue weighted by Crippen LogP contribution is -2.50. The topological polar surface area (TPSA) is 95.5 Å². The highest BCUT2D eigenvalue weighted by molar-refractivity contribution is 6.02. The van der Waals surface area contributed by atoms with Gasteiger partial charge in [-0.2, -0.15) is 0 Å². The summed E-state index contributed by atoms with van der Waals surface area (Å²) in [6.07, 6.45) is 1.16. The summed E-state index contributed by atoms with van der Waals surface area (Å²) in [5, 5.41) is 8.95. The molecule has 1 aromatic heterocycles. The maximum absolute atomic E-state index is 12.3. The number of carboxylic acid groups (broad SMARTS) is 1. The average molecular weight is 253 g/mol. The SMILES string of the molecule is CC1CN(C(=O)c2nc[nH]c2C(=O)O)C(C)CO1. The Morgan fingerprint density at radius 2 is 2.28 bits per heavy atom. The monoisotopic (exact) mass is 253 g/mol. The van der Waals surface area contributed by atoms with Crippen molar-refractivity contribution in [2.45, 2.75) is 26.0 Å². The smallest absolute Gasteiger partial charge is 0.354 e. The lowest BCUT2D eigenvalue weighted by Gasteiger charge is -2.36. The largest absolute Gasteiger partial charge is 0.477 e. The number of rotatable bonds is 2. The van der Waals surface area contributed by atoms with Gasteiger partial charge in [-0.25, -0.2) is 9.78 Å². The molecule has 1 amide bonds. The van der Waals surface area contributed by atoms with E-state index in [1.165, 1.54) is 6.33 Å². The number of nitrogens with zero attached hydrogens (tertiary/aromatic N) is 2. The van der Waals surface area contributed by atoms with Gasteiger partial charge in [-0.15, -0.1) is 0 Å². The van der Waals surface area contributed by atoms with Gasteiger partial charge in [0, 0.05) is 6.54 Å². The Kier molecular flexibility index (Phi) is 3.33. The van der Waals surface area contributed by atoms with Gasteiger partial charge in [0.1, 0.15) is 0 Å². The fraction of sp³-hybridized carbons (Fsp3) is 0.545. The number of imidazole rings is 1. The summed E-state index contributed by atoms with van der Waals surface area (Å²) in [5.41, 5.74) is -0.227. The van der Waals surface area contributed by atoms with Gasteiger partial charge in [-0.1, -0.05) is 0 Å². The van der Waals surface area contributed by atoms with Gasteiger partial charge >= 0.3 is 5.97 Å². The summed E-state index contributed by atoms with van der Waals surface area (Å²) in [7, 11) is 0. The van der Waals surface area contributed by atoms with Gasteiger partial charge in [0.15, 0.2) is 11.4 Å². The van der Waals surface area contributed by atoms with E-state index in [0.717, 1.165) is 0 Å². The lowest BCUT2D eigenvalue weighted by molar-refractivity contribution is -0.0389. The zero-order valence-electron chi connectivity index (χ0n) is 10.2. The Morgan fingerprint density at radius 1 is 1.56 bits per heavy atom. The fourth-order valence-electron chi connectivity index (χ4n) is 1.94. The van der Waals surface area contributed by atoms with Crippen LogP contribution in [0, 0.1) is 0 Å². The standard InChI is InChI=1S/C11H15N3O4/c1-6-4-18-7(2)3-14(6)10(15)8-9(11(16)17)13-5-12-8/h5-7H,3-4H2,1-2H3,(H,12,13)(H,16,17). The first-order chi connectivity index (χ1) is 8.50. The van der Waals surface area contributed by atoms with Gasteiger partial charge in [0.2, 0.25) is 0 Å². The molecule has 98 valence electrons. The zero-order valence-corrected chi connectivity index (χ0v) is 10.2. The van der Waals surface area contributed by atoms with Crippen molar-refractivity contribution >= 4 is 11.9 Å². The number of nitrogens with one attached hydrogen (secondary N) is 1. The number of amides is 1. The van der Waals surface area contributed by atoms with Crippen molar-refractivity contribution < 1.29 is 19.4 Å². The molecule has 2 unspecified atom stereocenters. The highest BCUT2D eigenvalue weighted by Crippen LogP contribution is 2.16. The van der Waals surface area contributed by atoms with E-state index >= 15 is 0 Å². The maximum Gasteiger partial charge on any atom is 0.354 e. The Balaban J connectivity index is 2.24. The van der Waals surface area contributed by atoms with E-state index in [1.54, 1.807) is 4.90 Å². The molecule has 0 radical (unpaired) electrons. The van der Waals surface area contributed by atoms with E-state index in [9.17, 15) is 9.59 Å². The summed E-state index contributed by atoms with van der Waals surface area (Å²) >= 11 is 0. The van der Waals surface area contributed by atoms with E-state index in [0.29, 0.717) is 13.2 Å². The van der Waals surface area contributed by atoms with E-state index < -0.39 is 5.97 Å². The highest BCUT2D eigenvalue weighted by Gasteiger charge is 2.31. The number of carbonyl (C=O) groups excluding carboxylic acids is 1. The molecule has 1 fully saturated rings. The van der Waals surface area contributed by atoms with Crippen molar-refractivity contribution in [1.29, 1.82) is 0 Å². The van der Waals surface area contributed by atoms with Crippen molar-refractivity contribution in [1.82, 2.24) is 14.9 Å². The third-order valence-electron chi connectivity index (χ3n) is 2.92. The van der Waals surface area contributed by atoms with Crippen LogP contribution in [0.25, 0.3) is 0 Å². The first-order valence-electron chi connectivity index (χ1n) is 5.70. The Bertz CT molecular complexity index is 471. The van der Waals surface area contributed by atoms with Crippen molar-refractivity contribution in [3.05, 3.63) is 17.7 Å². The second kappa shape index (κ2) is 4.77. The molecule has 1 aliphatic heterocycles. The highest BCUT2D eigenvalue weighted by atomic mass is 16.5. The van der Waals surface area contributed by atoms with Crippen LogP contribution < -0.4 is 0 Å². The van der Waals surface area contributed by atoms with Crippen molar-refractivity contribution in [2.24, 2.45) is 0 Å². The number of ether oxygens (including phenoxy) is 1. The summed E-state index contributed by atoms with van der Waals surface area (Å²) < 4.78 is 5.43. The molecule has 7 heteroatoms. The molecule has 1 saturated heterocycles. The Hall–Kier alpha value is -1.89. The summed E-state index contributed by atoms with van der Waals surface area (Å²) in [5.74, 6) is -1.57. The van der Waals surface area contributed by atoms with Crippen LogP contribution in [0.3, 0.4) is 0 Å². The van der Waals surface area contributed by atoms with E-state index in [1.807, 2.05) is 13.8 Å². The first-order valence-corrected chi connectivity index (χ1v) is 5.70. The fourth-order valence-corrected chi connectivity index (χ4v) is 1.94.